The van der Waals surface area contributed by atoms with E-state index in [2.05, 4.69) is 4.98 Å². The average Bonchev–Trinajstić information content (AvgIpc) is 2.83. The molecule has 84 valence electrons. The molecule has 1 heterocycles. The van der Waals surface area contributed by atoms with Crippen molar-refractivity contribution in [3.05, 3.63) is 29.9 Å². The van der Waals surface area contributed by atoms with E-state index in [4.69, 9.17) is 4.42 Å². The normalized spacial score (nSPS) is 25.4. The number of benzene rings is 1. The summed E-state index contributed by atoms with van der Waals surface area (Å²) in [4.78, 5) is 4.33. The molecule has 0 unspecified atom stereocenters. The first-order chi connectivity index (χ1) is 7.72. The highest BCUT2D eigenvalue weighted by Crippen LogP contribution is 2.35. The molecule has 4 heteroatoms. The van der Waals surface area contributed by atoms with Crippen LogP contribution in [-0.4, -0.2) is 16.2 Å². The van der Waals surface area contributed by atoms with Crippen molar-refractivity contribution in [3.8, 4) is 0 Å². The molecule has 0 spiro atoms. The highest BCUT2D eigenvalue weighted by atomic mass is 19.1. The van der Waals surface area contributed by atoms with Crippen molar-refractivity contribution >= 4 is 11.1 Å². The first-order valence-electron chi connectivity index (χ1n) is 5.46. The van der Waals surface area contributed by atoms with Gasteiger partial charge < -0.3 is 9.52 Å². The second-order valence-corrected chi connectivity index (χ2v) is 4.33. The van der Waals surface area contributed by atoms with E-state index in [-0.39, 0.29) is 17.8 Å². The fourth-order valence-electron chi connectivity index (χ4n) is 2.27. The second kappa shape index (κ2) is 3.56. The molecule has 16 heavy (non-hydrogen) atoms. The Labute approximate surface area is 91.9 Å². The quantitative estimate of drug-likeness (QED) is 0.805. The zero-order chi connectivity index (χ0) is 11.1. The van der Waals surface area contributed by atoms with Crippen molar-refractivity contribution in [1.29, 1.82) is 0 Å². The molecule has 1 N–H and O–H groups in total. The molecule has 0 bridgehead atoms. The number of nitrogens with zero attached hydrogens (tertiary/aromatic N) is 1. The van der Waals surface area contributed by atoms with Crippen LogP contribution in [0.2, 0.25) is 0 Å². The summed E-state index contributed by atoms with van der Waals surface area (Å²) in [5, 5.41) is 9.45. The minimum atomic E-state index is -0.318. The van der Waals surface area contributed by atoms with E-state index in [0.717, 1.165) is 12.8 Å². The molecule has 0 aliphatic heterocycles. The monoisotopic (exact) mass is 221 g/mol. The van der Waals surface area contributed by atoms with Gasteiger partial charge in [0.15, 0.2) is 11.5 Å². The van der Waals surface area contributed by atoms with Gasteiger partial charge in [0.2, 0.25) is 0 Å². The molecule has 3 rings (SSSR count). The predicted molar refractivity (Wildman–Crippen MR) is 56.6 cm³/mol. The predicted octanol–water partition coefficient (Wildman–Crippen LogP) is 2.60. The van der Waals surface area contributed by atoms with Crippen molar-refractivity contribution in [3.63, 3.8) is 0 Å². The minimum absolute atomic E-state index is 0.172. The van der Waals surface area contributed by atoms with Gasteiger partial charge >= 0.3 is 0 Å². The maximum Gasteiger partial charge on any atom is 0.198 e. The van der Waals surface area contributed by atoms with Crippen LogP contribution in [0, 0.1) is 5.82 Å². The number of oxazole rings is 1. The third kappa shape index (κ3) is 1.59. The number of rotatable bonds is 1. The van der Waals surface area contributed by atoms with Crippen LogP contribution in [0.3, 0.4) is 0 Å². The van der Waals surface area contributed by atoms with Crippen LogP contribution in [0.5, 0.6) is 0 Å². The average molecular weight is 221 g/mol. The summed E-state index contributed by atoms with van der Waals surface area (Å²) in [5.41, 5.74) is 1.16. The molecule has 1 fully saturated rings. The summed E-state index contributed by atoms with van der Waals surface area (Å²) in [6, 6.07) is 4.33. The molecule has 1 aromatic carbocycles. The molecule has 3 nitrogen and oxygen atoms in total. The van der Waals surface area contributed by atoms with E-state index in [1.54, 1.807) is 6.07 Å². The van der Waals surface area contributed by atoms with Gasteiger partial charge in [-0.05, 0) is 31.4 Å². The second-order valence-electron chi connectivity index (χ2n) is 4.33. The smallest absolute Gasteiger partial charge is 0.198 e. The molecular formula is C12H12FNO2. The number of fused-ring (bicyclic) bond motifs is 1. The molecule has 2 aromatic rings. The molecule has 2 atom stereocenters. The maximum atomic E-state index is 13.0. The molecule has 1 saturated carbocycles. The topological polar surface area (TPSA) is 46.3 Å². The molecule has 1 aliphatic carbocycles. The fourth-order valence-corrected chi connectivity index (χ4v) is 2.27. The summed E-state index contributed by atoms with van der Waals surface area (Å²) < 4.78 is 18.5. The third-order valence-corrected chi connectivity index (χ3v) is 3.12. The van der Waals surface area contributed by atoms with Gasteiger partial charge in [0.05, 0.1) is 6.10 Å². The van der Waals surface area contributed by atoms with Gasteiger partial charge in [0.25, 0.3) is 0 Å². The first-order valence-corrected chi connectivity index (χ1v) is 5.46. The van der Waals surface area contributed by atoms with Crippen molar-refractivity contribution in [2.75, 3.05) is 0 Å². The lowest BCUT2D eigenvalue weighted by Crippen LogP contribution is -1.99. The summed E-state index contributed by atoms with van der Waals surface area (Å²) in [6.07, 6.45) is 2.11. The van der Waals surface area contributed by atoms with E-state index in [0.29, 0.717) is 23.4 Å². The Morgan fingerprint density at radius 2 is 2.25 bits per heavy atom. The number of aliphatic hydroxyl groups is 1. The van der Waals surface area contributed by atoms with Gasteiger partial charge in [0.1, 0.15) is 11.3 Å². The lowest BCUT2D eigenvalue weighted by Gasteiger charge is -2.01. The van der Waals surface area contributed by atoms with Crippen LogP contribution in [0.1, 0.15) is 31.1 Å². The Kier molecular flexibility index (Phi) is 2.17. The van der Waals surface area contributed by atoms with E-state index >= 15 is 0 Å². The van der Waals surface area contributed by atoms with Gasteiger partial charge in [0, 0.05) is 12.0 Å². The van der Waals surface area contributed by atoms with Crippen LogP contribution in [0.4, 0.5) is 4.39 Å². The lowest BCUT2D eigenvalue weighted by atomic mass is 10.1. The summed E-state index contributed by atoms with van der Waals surface area (Å²) in [6.45, 7) is 0. The first kappa shape index (κ1) is 9.78. The van der Waals surface area contributed by atoms with Gasteiger partial charge in [-0.15, -0.1) is 0 Å². The fraction of sp³-hybridized carbons (Fsp3) is 0.417. The van der Waals surface area contributed by atoms with Crippen molar-refractivity contribution in [2.24, 2.45) is 0 Å². The summed E-state index contributed by atoms with van der Waals surface area (Å²) >= 11 is 0. The highest BCUT2D eigenvalue weighted by molar-refractivity contribution is 5.72. The Bertz CT molecular complexity index is 523. The van der Waals surface area contributed by atoms with Crippen LogP contribution < -0.4 is 0 Å². The van der Waals surface area contributed by atoms with E-state index < -0.39 is 0 Å². The number of aliphatic hydroxyl groups excluding tert-OH is 1. The largest absolute Gasteiger partial charge is 0.440 e. The SMILES string of the molecule is O[C@H]1CC[C@H](c2nc3ccc(F)cc3o2)C1. The van der Waals surface area contributed by atoms with Crippen LogP contribution in [-0.2, 0) is 0 Å². The standard InChI is InChI=1S/C12H12FNO2/c13-8-2-4-10-11(6-8)16-12(14-10)7-1-3-9(15)5-7/h2,4,6-7,9,15H,1,3,5H2/t7-,9-/m0/s1. The number of halogens is 1. The van der Waals surface area contributed by atoms with Crippen LogP contribution in [0.15, 0.2) is 22.6 Å². The number of hydrogen-bond acceptors (Lipinski definition) is 3. The van der Waals surface area contributed by atoms with Crippen LogP contribution >= 0.6 is 0 Å². The van der Waals surface area contributed by atoms with Crippen LogP contribution in [0.25, 0.3) is 11.1 Å². The molecule has 0 saturated heterocycles. The van der Waals surface area contributed by atoms with Crippen molar-refractivity contribution in [2.45, 2.75) is 31.3 Å². The third-order valence-electron chi connectivity index (χ3n) is 3.12. The zero-order valence-corrected chi connectivity index (χ0v) is 8.69. The molecular weight excluding hydrogens is 209 g/mol. The van der Waals surface area contributed by atoms with E-state index in [1.165, 1.54) is 12.1 Å². The van der Waals surface area contributed by atoms with E-state index in [9.17, 15) is 9.50 Å². The highest BCUT2D eigenvalue weighted by Gasteiger charge is 2.28. The Morgan fingerprint density at radius 1 is 1.38 bits per heavy atom. The summed E-state index contributed by atoms with van der Waals surface area (Å²) in [5.74, 6) is 0.476. The Balaban J connectivity index is 1.99. The minimum Gasteiger partial charge on any atom is -0.440 e. The van der Waals surface area contributed by atoms with Crippen molar-refractivity contribution in [1.82, 2.24) is 4.98 Å². The molecule has 1 aliphatic rings. The van der Waals surface area contributed by atoms with E-state index in [1.807, 2.05) is 0 Å². The zero-order valence-electron chi connectivity index (χ0n) is 8.69. The van der Waals surface area contributed by atoms with Gasteiger partial charge in [-0.2, -0.15) is 0 Å². The van der Waals surface area contributed by atoms with Gasteiger partial charge in [-0.25, -0.2) is 9.37 Å². The lowest BCUT2D eigenvalue weighted by molar-refractivity contribution is 0.180. The number of hydrogen-bond donors (Lipinski definition) is 1. The van der Waals surface area contributed by atoms with Gasteiger partial charge in [-0.3, -0.25) is 0 Å². The summed E-state index contributed by atoms with van der Waals surface area (Å²) in [7, 11) is 0. The van der Waals surface area contributed by atoms with Gasteiger partial charge in [-0.1, -0.05) is 0 Å². The number of aromatic nitrogens is 1. The van der Waals surface area contributed by atoms with Crippen molar-refractivity contribution < 1.29 is 13.9 Å². The molecule has 0 radical (unpaired) electrons. The molecule has 0 amide bonds. The Morgan fingerprint density at radius 3 is 3.00 bits per heavy atom. The maximum absolute atomic E-state index is 13.0. The molecule has 1 aromatic heterocycles. The Hall–Kier alpha value is -1.42.